The Labute approximate surface area is 124 Å². The highest BCUT2D eigenvalue weighted by molar-refractivity contribution is 7.16. The second-order valence-corrected chi connectivity index (χ2v) is 5.90. The van der Waals surface area contributed by atoms with Gasteiger partial charge < -0.3 is 5.32 Å². The molecule has 1 unspecified atom stereocenters. The van der Waals surface area contributed by atoms with E-state index >= 15 is 0 Å². The smallest absolute Gasteiger partial charge is 0.131 e. The number of rotatable bonds is 6. The predicted octanol–water partition coefficient (Wildman–Crippen LogP) is 4.96. The number of halogens is 1. The standard InChI is InChI=1S/C17H20FNS/c1-3-12-19-13(2)8-9-14-10-11-17(20-14)15-6-4-5-7-16(15)18/h4-11,13,19H,3,12H2,1-2H3/b9-8+. The lowest BCUT2D eigenvalue weighted by molar-refractivity contribution is 0.625. The first kappa shape index (κ1) is 14.9. The summed E-state index contributed by atoms with van der Waals surface area (Å²) in [6, 6.07) is 11.3. The van der Waals surface area contributed by atoms with Crippen molar-refractivity contribution in [3.05, 3.63) is 53.2 Å². The number of hydrogen-bond acceptors (Lipinski definition) is 2. The Morgan fingerprint density at radius 1 is 1.25 bits per heavy atom. The Morgan fingerprint density at radius 3 is 2.80 bits per heavy atom. The van der Waals surface area contributed by atoms with Crippen molar-refractivity contribution >= 4 is 17.4 Å². The summed E-state index contributed by atoms with van der Waals surface area (Å²) in [7, 11) is 0. The first-order valence-electron chi connectivity index (χ1n) is 6.97. The van der Waals surface area contributed by atoms with Crippen LogP contribution in [0.5, 0.6) is 0 Å². The summed E-state index contributed by atoms with van der Waals surface area (Å²) in [5.74, 6) is -0.164. The molecule has 0 amide bonds. The van der Waals surface area contributed by atoms with Crippen LogP contribution in [0.15, 0.2) is 42.5 Å². The van der Waals surface area contributed by atoms with Crippen LogP contribution in [0.2, 0.25) is 0 Å². The minimum absolute atomic E-state index is 0.164. The molecule has 1 nitrogen and oxygen atoms in total. The van der Waals surface area contributed by atoms with Gasteiger partial charge in [0, 0.05) is 21.4 Å². The topological polar surface area (TPSA) is 12.0 Å². The van der Waals surface area contributed by atoms with E-state index in [9.17, 15) is 4.39 Å². The van der Waals surface area contributed by atoms with Gasteiger partial charge in [-0.15, -0.1) is 11.3 Å². The van der Waals surface area contributed by atoms with E-state index in [4.69, 9.17) is 0 Å². The second kappa shape index (κ2) is 7.36. The van der Waals surface area contributed by atoms with E-state index in [1.807, 2.05) is 24.3 Å². The molecule has 106 valence electrons. The van der Waals surface area contributed by atoms with E-state index in [1.165, 1.54) is 6.07 Å². The molecule has 0 spiro atoms. The van der Waals surface area contributed by atoms with Crippen LogP contribution in [0.4, 0.5) is 4.39 Å². The van der Waals surface area contributed by atoms with Gasteiger partial charge in [0.05, 0.1) is 0 Å². The normalized spacial score (nSPS) is 12.9. The third-order valence-corrected chi connectivity index (χ3v) is 4.12. The first-order chi connectivity index (χ1) is 9.70. The number of nitrogens with one attached hydrogen (secondary N) is 1. The highest BCUT2D eigenvalue weighted by Crippen LogP contribution is 2.30. The van der Waals surface area contributed by atoms with E-state index in [0.717, 1.165) is 22.7 Å². The monoisotopic (exact) mass is 289 g/mol. The molecule has 2 aromatic rings. The van der Waals surface area contributed by atoms with Gasteiger partial charge in [-0.3, -0.25) is 0 Å². The largest absolute Gasteiger partial charge is 0.311 e. The number of benzene rings is 1. The molecule has 0 fully saturated rings. The van der Waals surface area contributed by atoms with Crippen LogP contribution < -0.4 is 5.32 Å². The molecule has 3 heteroatoms. The molecule has 1 heterocycles. The SMILES string of the molecule is CCCNC(C)/C=C/c1ccc(-c2ccccc2F)s1. The zero-order valence-corrected chi connectivity index (χ0v) is 12.7. The zero-order valence-electron chi connectivity index (χ0n) is 11.9. The van der Waals surface area contributed by atoms with Gasteiger partial charge in [0.1, 0.15) is 5.82 Å². The van der Waals surface area contributed by atoms with Crippen LogP contribution in [0.3, 0.4) is 0 Å². The van der Waals surface area contributed by atoms with Gasteiger partial charge in [0.25, 0.3) is 0 Å². The molecule has 0 saturated carbocycles. The van der Waals surface area contributed by atoms with Crippen LogP contribution >= 0.6 is 11.3 Å². The van der Waals surface area contributed by atoms with E-state index in [2.05, 4.69) is 31.3 Å². The summed E-state index contributed by atoms with van der Waals surface area (Å²) in [5.41, 5.74) is 0.675. The Bertz CT molecular complexity index is 574. The Hall–Kier alpha value is -1.45. The minimum atomic E-state index is -0.164. The van der Waals surface area contributed by atoms with Crippen LogP contribution in [-0.2, 0) is 0 Å². The fourth-order valence-electron chi connectivity index (χ4n) is 1.93. The highest BCUT2D eigenvalue weighted by Gasteiger charge is 2.06. The summed E-state index contributed by atoms with van der Waals surface area (Å²) >= 11 is 1.61. The molecular weight excluding hydrogens is 269 g/mol. The maximum Gasteiger partial charge on any atom is 0.131 e. The van der Waals surface area contributed by atoms with Gasteiger partial charge in [-0.2, -0.15) is 0 Å². The lowest BCUT2D eigenvalue weighted by Crippen LogP contribution is -2.24. The maximum absolute atomic E-state index is 13.7. The average Bonchev–Trinajstić information content (AvgIpc) is 2.92. The lowest BCUT2D eigenvalue weighted by Gasteiger charge is -2.06. The predicted molar refractivity (Wildman–Crippen MR) is 86.5 cm³/mol. The summed E-state index contributed by atoms with van der Waals surface area (Å²) in [6.07, 6.45) is 5.38. The van der Waals surface area contributed by atoms with Crippen LogP contribution in [0.1, 0.15) is 25.1 Å². The van der Waals surface area contributed by atoms with Crippen molar-refractivity contribution in [3.8, 4) is 10.4 Å². The average molecular weight is 289 g/mol. The summed E-state index contributed by atoms with van der Waals surface area (Å²) in [5, 5.41) is 3.41. The summed E-state index contributed by atoms with van der Waals surface area (Å²) in [4.78, 5) is 2.12. The van der Waals surface area contributed by atoms with Crippen molar-refractivity contribution in [3.63, 3.8) is 0 Å². The minimum Gasteiger partial charge on any atom is -0.311 e. The molecule has 0 aliphatic carbocycles. The van der Waals surface area contributed by atoms with Crippen LogP contribution in [-0.4, -0.2) is 12.6 Å². The third-order valence-electron chi connectivity index (χ3n) is 3.03. The first-order valence-corrected chi connectivity index (χ1v) is 7.78. The fourth-order valence-corrected chi connectivity index (χ4v) is 2.88. The van der Waals surface area contributed by atoms with Gasteiger partial charge in [0.2, 0.25) is 0 Å². The van der Waals surface area contributed by atoms with Crippen molar-refractivity contribution in [1.29, 1.82) is 0 Å². The van der Waals surface area contributed by atoms with Gasteiger partial charge in [-0.05, 0) is 44.2 Å². The molecule has 1 atom stereocenters. The Kier molecular flexibility index (Phi) is 5.50. The highest BCUT2D eigenvalue weighted by atomic mass is 32.1. The molecular formula is C17H20FNS. The van der Waals surface area contributed by atoms with E-state index < -0.39 is 0 Å². The molecule has 1 aromatic heterocycles. The van der Waals surface area contributed by atoms with Crippen LogP contribution in [0.25, 0.3) is 16.5 Å². The molecule has 1 aromatic carbocycles. The Morgan fingerprint density at radius 2 is 2.05 bits per heavy atom. The second-order valence-electron chi connectivity index (χ2n) is 4.78. The molecule has 1 N–H and O–H groups in total. The van der Waals surface area contributed by atoms with Crippen LogP contribution in [0, 0.1) is 5.82 Å². The third kappa shape index (κ3) is 4.02. The maximum atomic E-state index is 13.7. The molecule has 0 bridgehead atoms. The number of thiophene rings is 1. The molecule has 2 rings (SSSR count). The van der Waals surface area contributed by atoms with Gasteiger partial charge >= 0.3 is 0 Å². The Balaban J connectivity index is 2.06. The quantitative estimate of drug-likeness (QED) is 0.793. The molecule has 20 heavy (non-hydrogen) atoms. The molecule has 0 saturated heterocycles. The zero-order chi connectivity index (χ0) is 14.4. The van der Waals surface area contributed by atoms with Gasteiger partial charge in [-0.1, -0.05) is 31.2 Å². The van der Waals surface area contributed by atoms with Gasteiger partial charge in [0.15, 0.2) is 0 Å². The van der Waals surface area contributed by atoms with E-state index in [1.54, 1.807) is 17.4 Å². The number of hydrogen-bond donors (Lipinski definition) is 1. The van der Waals surface area contributed by atoms with Crippen molar-refractivity contribution in [2.75, 3.05) is 6.54 Å². The van der Waals surface area contributed by atoms with E-state index in [-0.39, 0.29) is 5.82 Å². The van der Waals surface area contributed by atoms with Crippen molar-refractivity contribution < 1.29 is 4.39 Å². The lowest BCUT2D eigenvalue weighted by atomic mass is 10.2. The summed E-state index contributed by atoms with van der Waals surface area (Å²) in [6.45, 7) is 5.32. The van der Waals surface area contributed by atoms with E-state index in [0.29, 0.717) is 11.6 Å². The van der Waals surface area contributed by atoms with Crippen molar-refractivity contribution in [1.82, 2.24) is 5.32 Å². The summed E-state index contributed by atoms with van der Waals surface area (Å²) < 4.78 is 13.7. The van der Waals surface area contributed by atoms with Gasteiger partial charge in [-0.25, -0.2) is 4.39 Å². The molecule has 0 aliphatic heterocycles. The van der Waals surface area contributed by atoms with Crippen molar-refractivity contribution in [2.24, 2.45) is 0 Å². The van der Waals surface area contributed by atoms with Crippen molar-refractivity contribution in [2.45, 2.75) is 26.3 Å². The fraction of sp³-hybridized carbons (Fsp3) is 0.294. The molecule has 0 radical (unpaired) electrons. The molecule has 0 aliphatic rings.